The fourth-order valence-electron chi connectivity index (χ4n) is 4.68. The third-order valence-corrected chi connectivity index (χ3v) is 8.97. The second-order valence-electron chi connectivity index (χ2n) is 9.98. The number of benzene rings is 2. The van der Waals surface area contributed by atoms with Gasteiger partial charge in [-0.1, -0.05) is 11.8 Å². The Labute approximate surface area is 252 Å². The summed E-state index contributed by atoms with van der Waals surface area (Å²) in [5.41, 5.74) is 8.38. The van der Waals surface area contributed by atoms with Crippen molar-refractivity contribution in [1.29, 1.82) is 0 Å². The fourth-order valence-corrected chi connectivity index (χ4v) is 6.60. The van der Waals surface area contributed by atoms with Crippen LogP contribution in [0.5, 0.6) is 0 Å². The molecule has 3 N–H and O–H groups in total. The van der Waals surface area contributed by atoms with Gasteiger partial charge in [-0.3, -0.25) is 4.79 Å². The summed E-state index contributed by atoms with van der Waals surface area (Å²) in [6, 6.07) is 12.1. The number of hydrogen-bond donors (Lipinski definition) is 2. The van der Waals surface area contributed by atoms with Crippen molar-refractivity contribution in [2.45, 2.75) is 36.9 Å². The Kier molecular flexibility index (Phi) is 9.70. The van der Waals surface area contributed by atoms with E-state index in [0.717, 1.165) is 58.5 Å². The van der Waals surface area contributed by atoms with Crippen LogP contribution in [-0.2, 0) is 9.53 Å². The quantitative estimate of drug-likeness (QED) is 0.171. The van der Waals surface area contributed by atoms with Gasteiger partial charge in [-0.05, 0) is 75.1 Å². The first-order valence-corrected chi connectivity index (χ1v) is 15.7. The largest absolute Gasteiger partial charge is 0.465 e. The highest BCUT2D eigenvalue weighted by atomic mass is 32.2. The van der Waals surface area contributed by atoms with Crippen molar-refractivity contribution < 1.29 is 14.3 Å². The van der Waals surface area contributed by atoms with E-state index in [4.69, 9.17) is 5.73 Å². The summed E-state index contributed by atoms with van der Waals surface area (Å²) in [5, 5.41) is 2.78. The SMILES string of the molecule is COC(=O)c1ccc(NC(=O)CSc2nc3ccc(N)cc3s2)cc1.Cc1nc(N2CCCC2)nc(N2CCCC2)n1. The molecule has 220 valence electrons. The Bertz CT molecular complexity index is 1500. The van der Waals surface area contributed by atoms with Gasteiger partial charge >= 0.3 is 5.97 Å². The minimum atomic E-state index is -0.412. The van der Waals surface area contributed by atoms with Crippen LogP contribution in [0.3, 0.4) is 0 Å². The molecule has 2 aliphatic rings. The predicted molar refractivity (Wildman–Crippen MR) is 169 cm³/mol. The van der Waals surface area contributed by atoms with Crippen molar-refractivity contribution in [2.75, 3.05) is 59.9 Å². The van der Waals surface area contributed by atoms with Crippen LogP contribution < -0.4 is 20.9 Å². The van der Waals surface area contributed by atoms with Crippen LogP contribution in [0.25, 0.3) is 10.2 Å². The van der Waals surface area contributed by atoms with Crippen molar-refractivity contribution in [2.24, 2.45) is 0 Å². The highest BCUT2D eigenvalue weighted by molar-refractivity contribution is 8.01. The smallest absolute Gasteiger partial charge is 0.337 e. The van der Waals surface area contributed by atoms with Crippen molar-refractivity contribution in [3.05, 3.63) is 53.9 Å². The molecular formula is C29H34N8O3S2. The van der Waals surface area contributed by atoms with Crippen LogP contribution in [0, 0.1) is 6.92 Å². The van der Waals surface area contributed by atoms with Gasteiger partial charge in [0.05, 0.1) is 28.6 Å². The minimum absolute atomic E-state index is 0.144. The number of nitrogens with one attached hydrogen (secondary N) is 1. The summed E-state index contributed by atoms with van der Waals surface area (Å²) in [5.74, 6) is 2.27. The van der Waals surface area contributed by atoms with Gasteiger partial charge in [0.15, 0.2) is 4.34 Å². The number of thioether (sulfide) groups is 1. The Morgan fingerprint density at radius 1 is 0.929 bits per heavy atom. The topological polar surface area (TPSA) is 139 Å². The molecule has 4 heterocycles. The average Bonchev–Trinajstić information content (AvgIpc) is 3.78. The average molecular weight is 607 g/mol. The van der Waals surface area contributed by atoms with Gasteiger partial charge in [-0.15, -0.1) is 11.3 Å². The molecule has 2 fully saturated rings. The molecule has 0 radical (unpaired) electrons. The van der Waals surface area contributed by atoms with Gasteiger partial charge in [0.1, 0.15) is 5.82 Å². The number of nitrogens with zero attached hydrogens (tertiary/aromatic N) is 6. The molecule has 1 amide bonds. The number of thiazole rings is 1. The maximum Gasteiger partial charge on any atom is 0.337 e. The fraction of sp³-hybridized carbons (Fsp3) is 0.379. The number of ether oxygens (including phenoxy) is 1. The molecule has 0 bridgehead atoms. The number of carbonyl (C=O) groups excluding carboxylic acids is 2. The number of rotatable bonds is 7. The molecule has 2 aliphatic heterocycles. The van der Waals surface area contributed by atoms with E-state index < -0.39 is 5.97 Å². The van der Waals surface area contributed by atoms with Crippen molar-refractivity contribution >= 4 is 68.5 Å². The summed E-state index contributed by atoms with van der Waals surface area (Å²) in [7, 11) is 1.33. The summed E-state index contributed by atoms with van der Waals surface area (Å²) in [6.45, 7) is 6.30. The van der Waals surface area contributed by atoms with E-state index in [9.17, 15) is 9.59 Å². The zero-order valence-electron chi connectivity index (χ0n) is 23.7. The van der Waals surface area contributed by atoms with E-state index in [-0.39, 0.29) is 11.7 Å². The lowest BCUT2D eigenvalue weighted by Gasteiger charge is -2.19. The second-order valence-corrected chi connectivity index (χ2v) is 12.2. The van der Waals surface area contributed by atoms with E-state index in [0.29, 0.717) is 16.9 Å². The molecule has 0 aliphatic carbocycles. The summed E-state index contributed by atoms with van der Waals surface area (Å²) >= 11 is 2.88. The summed E-state index contributed by atoms with van der Waals surface area (Å²) in [6.07, 6.45) is 5.01. The molecule has 13 heteroatoms. The number of aromatic nitrogens is 4. The second kappa shape index (κ2) is 13.8. The van der Waals surface area contributed by atoms with Gasteiger partial charge in [0, 0.05) is 37.6 Å². The van der Waals surface area contributed by atoms with E-state index in [1.54, 1.807) is 30.3 Å². The van der Waals surface area contributed by atoms with Crippen LogP contribution in [0.4, 0.5) is 23.3 Å². The van der Waals surface area contributed by atoms with Crippen LogP contribution >= 0.6 is 23.1 Å². The number of nitrogens with two attached hydrogens (primary N) is 1. The number of carbonyl (C=O) groups is 2. The van der Waals surface area contributed by atoms with Gasteiger partial charge in [0.2, 0.25) is 17.8 Å². The number of anilines is 4. The lowest BCUT2D eigenvalue weighted by atomic mass is 10.2. The first-order valence-electron chi connectivity index (χ1n) is 13.9. The molecule has 4 aromatic rings. The lowest BCUT2D eigenvalue weighted by Crippen LogP contribution is -2.25. The summed E-state index contributed by atoms with van der Waals surface area (Å²) < 4.78 is 6.45. The van der Waals surface area contributed by atoms with Crippen molar-refractivity contribution in [3.63, 3.8) is 0 Å². The number of esters is 1. The number of fused-ring (bicyclic) bond motifs is 1. The zero-order chi connectivity index (χ0) is 29.5. The van der Waals surface area contributed by atoms with Crippen LogP contribution in [-0.4, -0.2) is 70.9 Å². The lowest BCUT2D eigenvalue weighted by molar-refractivity contribution is -0.113. The maximum absolute atomic E-state index is 12.1. The molecule has 2 aromatic heterocycles. The van der Waals surface area contributed by atoms with E-state index in [2.05, 4.69) is 39.8 Å². The monoisotopic (exact) mass is 606 g/mol. The molecule has 6 rings (SSSR count). The Morgan fingerprint density at radius 3 is 2.14 bits per heavy atom. The van der Waals surface area contributed by atoms with Crippen LogP contribution in [0.1, 0.15) is 41.9 Å². The van der Waals surface area contributed by atoms with E-state index in [1.807, 2.05) is 19.1 Å². The van der Waals surface area contributed by atoms with Gasteiger partial charge in [-0.25, -0.2) is 9.78 Å². The predicted octanol–water partition coefficient (Wildman–Crippen LogP) is 4.78. The molecule has 42 heavy (non-hydrogen) atoms. The Morgan fingerprint density at radius 2 is 1.55 bits per heavy atom. The third-order valence-electron chi connectivity index (χ3n) is 6.81. The number of hydrogen-bond acceptors (Lipinski definition) is 12. The number of amides is 1. The molecule has 0 saturated carbocycles. The number of nitrogen functional groups attached to an aromatic ring is 1. The highest BCUT2D eigenvalue weighted by Gasteiger charge is 2.20. The van der Waals surface area contributed by atoms with E-state index >= 15 is 0 Å². The number of aryl methyl sites for hydroxylation is 1. The first kappa shape index (κ1) is 29.5. The molecule has 0 spiro atoms. The highest BCUT2D eigenvalue weighted by Crippen LogP contribution is 2.30. The standard InChI is InChI=1S/C17H15N3O3S2.C12H19N5/c1-23-16(22)10-2-5-12(6-3-10)19-15(21)9-24-17-20-13-7-4-11(18)8-14(13)25-17;1-10-13-11(16-6-2-3-7-16)15-12(14-10)17-8-4-5-9-17/h2-8H,9,18H2,1H3,(H,19,21);2-9H2,1H3. The Balaban J connectivity index is 0.000000180. The molecule has 0 unspecified atom stereocenters. The number of methoxy groups -OCH3 is 1. The zero-order valence-corrected chi connectivity index (χ0v) is 25.3. The van der Waals surface area contributed by atoms with Crippen LogP contribution in [0.2, 0.25) is 0 Å². The van der Waals surface area contributed by atoms with E-state index in [1.165, 1.54) is 55.9 Å². The van der Waals surface area contributed by atoms with Crippen molar-refractivity contribution in [1.82, 2.24) is 19.9 Å². The molecule has 0 atom stereocenters. The summed E-state index contributed by atoms with van der Waals surface area (Å²) in [4.78, 5) is 46.0. The maximum atomic E-state index is 12.1. The normalized spacial score (nSPS) is 14.5. The minimum Gasteiger partial charge on any atom is -0.465 e. The first-order chi connectivity index (χ1) is 20.4. The third kappa shape index (κ3) is 7.65. The Hall–Kier alpha value is -3.97. The molecule has 11 nitrogen and oxygen atoms in total. The van der Waals surface area contributed by atoms with Gasteiger partial charge < -0.3 is 25.6 Å². The molecule has 2 aromatic carbocycles. The van der Waals surface area contributed by atoms with Gasteiger partial charge in [-0.2, -0.15) is 15.0 Å². The van der Waals surface area contributed by atoms with Crippen molar-refractivity contribution in [3.8, 4) is 0 Å². The van der Waals surface area contributed by atoms with Gasteiger partial charge in [0.25, 0.3) is 0 Å². The molecular weight excluding hydrogens is 573 g/mol. The molecule has 2 saturated heterocycles. The van der Waals surface area contributed by atoms with Crippen LogP contribution in [0.15, 0.2) is 46.8 Å².